The molecule has 0 atom stereocenters. The van der Waals surface area contributed by atoms with Gasteiger partial charge in [0.1, 0.15) is 0 Å². The van der Waals surface area contributed by atoms with Crippen LogP contribution in [0.3, 0.4) is 0 Å². The fourth-order valence-electron chi connectivity index (χ4n) is 0.260. The average molecular weight is 140 g/mol. The number of rotatable bonds is 2. The Morgan fingerprint density at radius 3 is 1.70 bits per heavy atom. The van der Waals surface area contributed by atoms with Gasteiger partial charge in [0.25, 0.3) is 0 Å². The van der Waals surface area contributed by atoms with Crippen LogP contribution in [0, 0.1) is 0 Å². The Morgan fingerprint density at radius 2 is 1.60 bits per heavy atom. The van der Waals surface area contributed by atoms with Crippen LogP contribution in [0.4, 0.5) is 0 Å². The minimum Gasteiger partial charge on any atom is -0.295 e. The lowest BCUT2D eigenvalue weighted by Crippen LogP contribution is -1.78. The summed E-state index contributed by atoms with van der Waals surface area (Å²) in [6.45, 7) is 10.9. The van der Waals surface area contributed by atoms with Crippen LogP contribution in [-0.2, 0) is 4.79 Å². The molecule has 0 amide bonds. The first-order valence-corrected chi connectivity index (χ1v) is 3.47. The van der Waals surface area contributed by atoms with Gasteiger partial charge in [-0.25, -0.2) is 0 Å². The molecule has 1 nitrogen and oxygen atoms in total. The molecule has 0 aromatic heterocycles. The lowest BCUT2D eigenvalue weighted by Gasteiger charge is -1.80. The molecule has 58 valence electrons. The standard InChI is InChI=1S/C7H10O.C2H6/c1-6(2)4-5-7(3)8;1-2/h4-5H,1H2,2-3H3;1-2H3/b5-4-;. The molecule has 0 rings (SSSR count). The SMILES string of the molecule is C=C(C)/C=C\C(C)=O.CC. The van der Waals surface area contributed by atoms with Gasteiger partial charge in [-0.05, 0) is 19.9 Å². The normalized spacial score (nSPS) is 8.40. The van der Waals surface area contributed by atoms with E-state index in [-0.39, 0.29) is 5.78 Å². The van der Waals surface area contributed by atoms with E-state index in [0.29, 0.717) is 0 Å². The summed E-state index contributed by atoms with van der Waals surface area (Å²) in [7, 11) is 0. The first kappa shape index (κ1) is 11.9. The molecule has 0 radical (unpaired) electrons. The highest BCUT2D eigenvalue weighted by Crippen LogP contribution is 1.87. The van der Waals surface area contributed by atoms with E-state index in [1.54, 1.807) is 6.08 Å². The second-order valence-corrected chi connectivity index (χ2v) is 1.79. The molecule has 0 aliphatic carbocycles. The summed E-state index contributed by atoms with van der Waals surface area (Å²) in [6, 6.07) is 0. The predicted octanol–water partition coefficient (Wildman–Crippen LogP) is 2.73. The lowest BCUT2D eigenvalue weighted by atomic mass is 10.3. The Bertz CT molecular complexity index is 116. The summed E-state index contributed by atoms with van der Waals surface area (Å²) in [6.07, 6.45) is 3.20. The van der Waals surface area contributed by atoms with Crippen molar-refractivity contribution in [3.63, 3.8) is 0 Å². The predicted molar refractivity (Wildman–Crippen MR) is 46.0 cm³/mol. The number of carbonyl (C=O) groups is 1. The second-order valence-electron chi connectivity index (χ2n) is 1.79. The fourth-order valence-corrected chi connectivity index (χ4v) is 0.260. The van der Waals surface area contributed by atoms with Crippen LogP contribution in [0.25, 0.3) is 0 Å². The van der Waals surface area contributed by atoms with E-state index in [1.165, 1.54) is 13.0 Å². The van der Waals surface area contributed by atoms with E-state index in [4.69, 9.17) is 0 Å². The quantitative estimate of drug-likeness (QED) is 0.426. The average Bonchev–Trinajstić information content (AvgIpc) is 1.89. The molecule has 0 aliphatic rings. The Labute approximate surface area is 63.4 Å². The van der Waals surface area contributed by atoms with Crippen molar-refractivity contribution in [3.05, 3.63) is 24.3 Å². The molecule has 0 saturated heterocycles. The largest absolute Gasteiger partial charge is 0.295 e. The third-order valence-corrected chi connectivity index (χ3v) is 0.603. The van der Waals surface area contributed by atoms with Crippen molar-refractivity contribution < 1.29 is 4.79 Å². The molecular formula is C9H16O. The highest BCUT2D eigenvalue weighted by atomic mass is 16.1. The summed E-state index contributed by atoms with van der Waals surface area (Å²) in [4.78, 5) is 10.2. The molecule has 0 spiro atoms. The number of hydrogen-bond acceptors (Lipinski definition) is 1. The molecule has 0 aromatic carbocycles. The molecule has 0 N–H and O–H groups in total. The maximum absolute atomic E-state index is 10.2. The molecule has 0 aliphatic heterocycles. The van der Waals surface area contributed by atoms with E-state index in [2.05, 4.69) is 6.58 Å². The van der Waals surface area contributed by atoms with Gasteiger partial charge in [0.2, 0.25) is 0 Å². The van der Waals surface area contributed by atoms with Crippen molar-refractivity contribution in [2.75, 3.05) is 0 Å². The minimum atomic E-state index is 0.0630. The zero-order valence-corrected chi connectivity index (χ0v) is 7.27. The monoisotopic (exact) mass is 140 g/mol. The van der Waals surface area contributed by atoms with Crippen molar-refractivity contribution in [1.82, 2.24) is 0 Å². The molecular weight excluding hydrogens is 124 g/mol. The smallest absolute Gasteiger partial charge is 0.152 e. The van der Waals surface area contributed by atoms with Crippen LogP contribution in [0.15, 0.2) is 24.3 Å². The number of carbonyl (C=O) groups excluding carboxylic acids is 1. The van der Waals surface area contributed by atoms with E-state index in [9.17, 15) is 4.79 Å². The molecule has 0 bridgehead atoms. The highest BCUT2D eigenvalue weighted by molar-refractivity contribution is 5.87. The van der Waals surface area contributed by atoms with Gasteiger partial charge in [0.15, 0.2) is 5.78 Å². The molecule has 0 heterocycles. The van der Waals surface area contributed by atoms with Crippen molar-refractivity contribution in [2.45, 2.75) is 27.7 Å². The van der Waals surface area contributed by atoms with Crippen molar-refractivity contribution in [1.29, 1.82) is 0 Å². The topological polar surface area (TPSA) is 17.1 Å². The van der Waals surface area contributed by atoms with E-state index >= 15 is 0 Å². The number of ketones is 1. The molecule has 0 fully saturated rings. The van der Waals surface area contributed by atoms with Crippen LogP contribution < -0.4 is 0 Å². The summed E-state index contributed by atoms with van der Waals surface area (Å²) in [5, 5.41) is 0. The van der Waals surface area contributed by atoms with Gasteiger partial charge in [-0.1, -0.05) is 32.1 Å². The van der Waals surface area contributed by atoms with Gasteiger partial charge in [-0.15, -0.1) is 0 Å². The van der Waals surface area contributed by atoms with Crippen LogP contribution in [-0.4, -0.2) is 5.78 Å². The molecule has 1 heteroatoms. The lowest BCUT2D eigenvalue weighted by molar-refractivity contribution is -0.112. The summed E-state index contributed by atoms with van der Waals surface area (Å²) in [5.74, 6) is 0.0630. The van der Waals surface area contributed by atoms with Crippen LogP contribution in [0.2, 0.25) is 0 Å². The second kappa shape index (κ2) is 8.15. The Hall–Kier alpha value is -0.850. The summed E-state index contributed by atoms with van der Waals surface area (Å²) in [5.41, 5.74) is 0.903. The van der Waals surface area contributed by atoms with Crippen LogP contribution in [0.1, 0.15) is 27.7 Å². The zero-order chi connectivity index (χ0) is 8.57. The first-order chi connectivity index (χ1) is 4.63. The van der Waals surface area contributed by atoms with Gasteiger partial charge in [0.05, 0.1) is 0 Å². The minimum absolute atomic E-state index is 0.0630. The van der Waals surface area contributed by atoms with Gasteiger partial charge in [-0.3, -0.25) is 4.79 Å². The van der Waals surface area contributed by atoms with Crippen molar-refractivity contribution in [3.8, 4) is 0 Å². The third kappa shape index (κ3) is 15.7. The Kier molecular flexibility index (Phi) is 9.69. The van der Waals surface area contributed by atoms with Crippen molar-refractivity contribution >= 4 is 5.78 Å². The first-order valence-electron chi connectivity index (χ1n) is 3.47. The maximum Gasteiger partial charge on any atom is 0.152 e. The molecule has 10 heavy (non-hydrogen) atoms. The van der Waals surface area contributed by atoms with Gasteiger partial charge in [0, 0.05) is 0 Å². The summed E-state index contributed by atoms with van der Waals surface area (Å²) >= 11 is 0. The van der Waals surface area contributed by atoms with E-state index in [1.807, 2.05) is 20.8 Å². The highest BCUT2D eigenvalue weighted by Gasteiger charge is 1.78. The van der Waals surface area contributed by atoms with E-state index in [0.717, 1.165) is 5.57 Å². The number of hydrogen-bond donors (Lipinski definition) is 0. The maximum atomic E-state index is 10.2. The number of allylic oxidation sites excluding steroid dienone is 3. The summed E-state index contributed by atoms with van der Waals surface area (Å²) < 4.78 is 0. The van der Waals surface area contributed by atoms with Crippen LogP contribution >= 0.6 is 0 Å². The zero-order valence-electron chi connectivity index (χ0n) is 7.27. The Balaban J connectivity index is 0. The third-order valence-electron chi connectivity index (χ3n) is 0.603. The van der Waals surface area contributed by atoms with Gasteiger partial charge in [-0.2, -0.15) is 0 Å². The van der Waals surface area contributed by atoms with Gasteiger partial charge >= 0.3 is 0 Å². The van der Waals surface area contributed by atoms with Crippen LogP contribution in [0.5, 0.6) is 0 Å². The van der Waals surface area contributed by atoms with Crippen molar-refractivity contribution in [2.24, 2.45) is 0 Å². The molecule has 0 aromatic rings. The molecule has 0 saturated carbocycles. The Morgan fingerprint density at radius 1 is 1.20 bits per heavy atom. The molecule has 0 unspecified atom stereocenters. The van der Waals surface area contributed by atoms with E-state index < -0.39 is 0 Å². The fraction of sp³-hybridized carbons (Fsp3) is 0.444. The van der Waals surface area contributed by atoms with Gasteiger partial charge < -0.3 is 0 Å².